The van der Waals surface area contributed by atoms with Crippen molar-refractivity contribution in [1.29, 1.82) is 0 Å². The second kappa shape index (κ2) is 11.4. The normalized spacial score (nSPS) is 14.3. The predicted molar refractivity (Wildman–Crippen MR) is 148 cm³/mol. The monoisotopic (exact) mass is 511 g/mol. The first-order chi connectivity index (χ1) is 18.4. The minimum Gasteiger partial charge on any atom is -0.619 e. The van der Waals surface area contributed by atoms with E-state index in [0.717, 1.165) is 48.7 Å². The average Bonchev–Trinajstić information content (AvgIpc) is 2.92. The van der Waals surface area contributed by atoms with E-state index < -0.39 is 0 Å². The van der Waals surface area contributed by atoms with Gasteiger partial charge >= 0.3 is 0 Å². The zero-order chi connectivity index (χ0) is 26.5. The number of hydrogen-bond donors (Lipinski definition) is 2. The third kappa shape index (κ3) is 6.31. The molecule has 1 saturated heterocycles. The number of aryl methyl sites for hydroxylation is 1. The molecule has 1 fully saturated rings. The number of piperazine rings is 1. The highest BCUT2D eigenvalue weighted by molar-refractivity contribution is 6.04. The van der Waals surface area contributed by atoms with Crippen LogP contribution in [0.3, 0.4) is 0 Å². The quantitative estimate of drug-likeness (QED) is 0.287. The number of benzene rings is 2. The second-order valence-electron chi connectivity index (χ2n) is 9.60. The molecule has 0 atom stereocenters. The Hall–Kier alpha value is -4.34. The molecule has 2 aromatic heterocycles. The van der Waals surface area contributed by atoms with Crippen molar-refractivity contribution in [3.8, 4) is 11.3 Å². The Balaban J connectivity index is 1.24. The van der Waals surface area contributed by atoms with Crippen molar-refractivity contribution in [2.24, 2.45) is 0 Å². The summed E-state index contributed by atoms with van der Waals surface area (Å²) < 4.78 is 0.738. The van der Waals surface area contributed by atoms with Gasteiger partial charge in [0.1, 0.15) is 0 Å². The van der Waals surface area contributed by atoms with E-state index in [-0.39, 0.29) is 5.91 Å². The Morgan fingerprint density at radius 1 is 1.08 bits per heavy atom. The molecule has 1 aliphatic heterocycles. The highest BCUT2D eigenvalue weighted by Gasteiger charge is 2.14. The molecule has 1 amide bonds. The molecular weight excluding hydrogens is 480 g/mol. The lowest BCUT2D eigenvalue weighted by Gasteiger charge is -2.32. The fraction of sp³-hybridized carbons (Fsp3) is 0.241. The van der Waals surface area contributed by atoms with Crippen LogP contribution in [0.1, 0.15) is 21.5 Å². The molecule has 2 N–H and O–H groups in total. The summed E-state index contributed by atoms with van der Waals surface area (Å²) in [6.45, 7) is 7.15. The molecule has 3 heterocycles. The summed E-state index contributed by atoms with van der Waals surface area (Å²) in [5.74, 6) is 0.227. The molecule has 0 spiro atoms. The summed E-state index contributed by atoms with van der Waals surface area (Å²) in [5, 5.41) is 17.9. The molecule has 4 aromatic rings. The van der Waals surface area contributed by atoms with Crippen molar-refractivity contribution in [1.82, 2.24) is 19.8 Å². The van der Waals surface area contributed by atoms with Crippen molar-refractivity contribution < 1.29 is 9.52 Å². The lowest BCUT2D eigenvalue weighted by Crippen LogP contribution is -2.43. The summed E-state index contributed by atoms with van der Waals surface area (Å²) in [5.41, 5.74) is 5.55. The van der Waals surface area contributed by atoms with Crippen LogP contribution in [-0.2, 0) is 6.54 Å². The van der Waals surface area contributed by atoms with Gasteiger partial charge in [-0.1, -0.05) is 18.2 Å². The van der Waals surface area contributed by atoms with E-state index in [9.17, 15) is 10.0 Å². The number of pyridine rings is 1. The van der Waals surface area contributed by atoms with E-state index >= 15 is 0 Å². The molecule has 0 radical (unpaired) electrons. The van der Waals surface area contributed by atoms with Gasteiger partial charge in [-0.05, 0) is 61.5 Å². The maximum atomic E-state index is 12.9. The van der Waals surface area contributed by atoms with E-state index in [1.54, 1.807) is 18.3 Å². The number of likely N-dealkylation sites (N-methyl/N-ethyl adjacent to an activating group) is 1. The minimum absolute atomic E-state index is 0.167. The summed E-state index contributed by atoms with van der Waals surface area (Å²) in [6.07, 6.45) is 4.53. The maximum absolute atomic E-state index is 12.9. The smallest absolute Gasteiger partial charge is 0.255 e. The third-order valence-corrected chi connectivity index (χ3v) is 6.69. The Labute approximate surface area is 222 Å². The summed E-state index contributed by atoms with van der Waals surface area (Å²) >= 11 is 0. The maximum Gasteiger partial charge on any atom is 0.255 e. The number of aromatic nitrogens is 3. The Morgan fingerprint density at radius 2 is 1.87 bits per heavy atom. The Morgan fingerprint density at radius 3 is 2.63 bits per heavy atom. The molecule has 38 heavy (non-hydrogen) atoms. The van der Waals surface area contributed by atoms with Crippen LogP contribution < -0.4 is 15.4 Å². The Kier molecular flexibility index (Phi) is 7.57. The van der Waals surface area contributed by atoms with E-state index in [0.29, 0.717) is 28.5 Å². The van der Waals surface area contributed by atoms with Crippen LogP contribution in [0.4, 0.5) is 17.3 Å². The van der Waals surface area contributed by atoms with Gasteiger partial charge in [0, 0.05) is 61.9 Å². The van der Waals surface area contributed by atoms with E-state index in [2.05, 4.69) is 37.4 Å². The first-order valence-electron chi connectivity index (χ1n) is 12.6. The van der Waals surface area contributed by atoms with Crippen LogP contribution in [0.2, 0.25) is 0 Å². The molecule has 0 saturated carbocycles. The van der Waals surface area contributed by atoms with Crippen molar-refractivity contribution in [2.75, 3.05) is 43.9 Å². The van der Waals surface area contributed by atoms with Crippen LogP contribution in [0.5, 0.6) is 0 Å². The molecule has 5 rings (SSSR count). The van der Waals surface area contributed by atoms with Gasteiger partial charge < -0.3 is 20.7 Å². The van der Waals surface area contributed by atoms with E-state index in [1.165, 1.54) is 18.0 Å². The third-order valence-electron chi connectivity index (χ3n) is 6.69. The molecule has 0 bridgehead atoms. The first-order valence-corrected chi connectivity index (χ1v) is 12.6. The van der Waals surface area contributed by atoms with Gasteiger partial charge in [-0.2, -0.15) is 4.73 Å². The van der Waals surface area contributed by atoms with Crippen LogP contribution in [0.15, 0.2) is 79.3 Å². The molecule has 9 nitrogen and oxygen atoms in total. The standard InChI is InChI=1S/C29H31N7O2/c1-21-5-10-25(18-27(21)33-29-30-12-11-26(32-29)24-4-3-13-36(38)20-24)31-28(37)23-8-6-22(7-9-23)19-35-16-14-34(2)15-17-35/h3-13,18,20H,14-17,19H2,1-2H3,(H,31,37)(H,30,32,33)/i29+2. The largest absolute Gasteiger partial charge is 0.619 e. The van der Waals surface area contributed by atoms with Gasteiger partial charge in [-0.3, -0.25) is 9.69 Å². The lowest BCUT2D eigenvalue weighted by molar-refractivity contribution is -0.604. The van der Waals surface area contributed by atoms with Crippen LogP contribution in [0.25, 0.3) is 11.3 Å². The molecule has 194 valence electrons. The number of rotatable bonds is 7. The van der Waals surface area contributed by atoms with Crippen molar-refractivity contribution in [2.45, 2.75) is 13.5 Å². The van der Waals surface area contributed by atoms with Crippen molar-refractivity contribution >= 4 is 23.2 Å². The lowest BCUT2D eigenvalue weighted by atomic mass is 10.1. The average molecular weight is 512 g/mol. The fourth-order valence-electron chi connectivity index (χ4n) is 4.37. The summed E-state index contributed by atoms with van der Waals surface area (Å²) in [6, 6.07) is 18.7. The topological polar surface area (TPSA) is 100 Å². The SMILES string of the molecule is Cc1ccc(NC(=O)c2ccc(CN3CCN(C)CC3)cc2)cc1N[14c]1nccc(-c2ccc[n+]([O-])c2)n1. The molecule has 0 unspecified atom stereocenters. The number of anilines is 3. The van der Waals surface area contributed by atoms with Crippen LogP contribution in [-0.4, -0.2) is 58.9 Å². The molecule has 0 aliphatic carbocycles. The second-order valence-corrected chi connectivity index (χ2v) is 9.60. The zero-order valence-electron chi connectivity index (χ0n) is 21.6. The first kappa shape index (κ1) is 25.3. The van der Waals surface area contributed by atoms with Gasteiger partial charge in [-0.25, -0.2) is 9.97 Å². The molecular formula is C29H31N7O2. The summed E-state index contributed by atoms with van der Waals surface area (Å²) in [4.78, 5) is 26.6. The molecule has 1 aliphatic rings. The predicted octanol–water partition coefficient (Wildman–Crippen LogP) is 3.83. The van der Waals surface area contributed by atoms with Crippen LogP contribution >= 0.6 is 0 Å². The van der Waals surface area contributed by atoms with Gasteiger partial charge in [0.25, 0.3) is 5.91 Å². The van der Waals surface area contributed by atoms with Crippen molar-refractivity contribution in [3.63, 3.8) is 0 Å². The summed E-state index contributed by atoms with van der Waals surface area (Å²) in [7, 11) is 2.15. The van der Waals surface area contributed by atoms with Gasteiger partial charge in [0.2, 0.25) is 5.95 Å². The number of carbonyl (C=O) groups excluding carboxylic acids is 1. The number of nitrogens with zero attached hydrogens (tertiary/aromatic N) is 5. The number of hydrogen-bond acceptors (Lipinski definition) is 7. The highest BCUT2D eigenvalue weighted by Crippen LogP contribution is 2.24. The Bertz CT molecular complexity index is 1420. The van der Waals surface area contributed by atoms with Gasteiger partial charge in [-0.15, -0.1) is 0 Å². The van der Waals surface area contributed by atoms with E-state index in [4.69, 9.17) is 0 Å². The minimum atomic E-state index is -0.167. The van der Waals surface area contributed by atoms with Crippen molar-refractivity contribution in [3.05, 3.63) is 101 Å². The van der Waals surface area contributed by atoms with E-state index in [1.807, 2.05) is 55.5 Å². The zero-order valence-corrected chi connectivity index (χ0v) is 21.6. The highest BCUT2D eigenvalue weighted by atomic mass is 16.5. The fourth-order valence-corrected chi connectivity index (χ4v) is 4.37. The number of amides is 1. The van der Waals surface area contributed by atoms with Crippen LogP contribution in [0, 0.1) is 12.1 Å². The molecule has 2 aromatic carbocycles. The number of nitrogens with one attached hydrogen (secondary N) is 2. The van der Waals surface area contributed by atoms with Gasteiger partial charge in [0.15, 0.2) is 12.4 Å². The van der Waals surface area contributed by atoms with Gasteiger partial charge in [0.05, 0.1) is 11.3 Å². The molecule has 9 heteroatoms. The number of carbonyl (C=O) groups is 1.